The predicted octanol–water partition coefficient (Wildman–Crippen LogP) is -0.00390. The Bertz CT molecular complexity index is 489. The summed E-state index contributed by atoms with van der Waals surface area (Å²) in [6.45, 7) is 0. The van der Waals surface area contributed by atoms with Crippen molar-refractivity contribution >= 4 is 16.9 Å². The average Bonchev–Trinajstić information content (AvgIpc) is 2.48. The van der Waals surface area contributed by atoms with Gasteiger partial charge in [0.25, 0.3) is 0 Å². The first-order valence-electron chi connectivity index (χ1n) is 4.24. The summed E-state index contributed by atoms with van der Waals surface area (Å²) < 4.78 is 1.65. The van der Waals surface area contributed by atoms with E-state index in [-0.39, 0.29) is 12.3 Å². The SMILES string of the molecule is Cn1nnc2cccc(CC(N)=O)c21. The first-order chi connectivity index (χ1) is 6.68. The molecule has 0 fully saturated rings. The third-order valence-electron chi connectivity index (χ3n) is 2.07. The minimum atomic E-state index is -0.348. The fraction of sp³-hybridized carbons (Fsp3) is 0.222. The lowest BCUT2D eigenvalue weighted by Crippen LogP contribution is -2.14. The molecular weight excluding hydrogens is 180 g/mol. The van der Waals surface area contributed by atoms with Gasteiger partial charge in [0.15, 0.2) is 0 Å². The monoisotopic (exact) mass is 190 g/mol. The van der Waals surface area contributed by atoms with Crippen LogP contribution in [0.2, 0.25) is 0 Å². The molecule has 2 N–H and O–H groups in total. The molecule has 1 aromatic heterocycles. The van der Waals surface area contributed by atoms with Crippen molar-refractivity contribution in [2.45, 2.75) is 6.42 Å². The second-order valence-corrected chi connectivity index (χ2v) is 3.14. The van der Waals surface area contributed by atoms with Crippen LogP contribution in [0.3, 0.4) is 0 Å². The summed E-state index contributed by atoms with van der Waals surface area (Å²) in [5, 5.41) is 7.83. The Morgan fingerprint density at radius 1 is 1.57 bits per heavy atom. The van der Waals surface area contributed by atoms with Gasteiger partial charge >= 0.3 is 0 Å². The molecule has 0 aliphatic carbocycles. The molecule has 14 heavy (non-hydrogen) atoms. The third kappa shape index (κ3) is 1.32. The molecule has 1 aromatic carbocycles. The van der Waals surface area contributed by atoms with Crippen molar-refractivity contribution in [2.75, 3.05) is 0 Å². The van der Waals surface area contributed by atoms with E-state index in [4.69, 9.17) is 5.73 Å². The number of carbonyl (C=O) groups excluding carboxylic acids is 1. The smallest absolute Gasteiger partial charge is 0.221 e. The van der Waals surface area contributed by atoms with Gasteiger partial charge in [-0.15, -0.1) is 5.10 Å². The summed E-state index contributed by atoms with van der Waals surface area (Å²) >= 11 is 0. The van der Waals surface area contributed by atoms with Crippen LogP contribution >= 0.6 is 0 Å². The summed E-state index contributed by atoms with van der Waals surface area (Å²) in [7, 11) is 1.79. The van der Waals surface area contributed by atoms with E-state index in [1.165, 1.54) is 0 Å². The molecule has 72 valence electrons. The number of aromatic nitrogens is 3. The van der Waals surface area contributed by atoms with Crippen molar-refractivity contribution in [1.82, 2.24) is 15.0 Å². The lowest BCUT2D eigenvalue weighted by atomic mass is 10.1. The maximum Gasteiger partial charge on any atom is 0.221 e. The Balaban J connectivity index is 2.63. The van der Waals surface area contributed by atoms with E-state index in [2.05, 4.69) is 10.3 Å². The number of rotatable bonds is 2. The zero-order chi connectivity index (χ0) is 10.1. The molecule has 5 heteroatoms. The maximum absolute atomic E-state index is 10.8. The minimum absolute atomic E-state index is 0.221. The van der Waals surface area contributed by atoms with Crippen molar-refractivity contribution < 1.29 is 4.79 Å². The Morgan fingerprint density at radius 3 is 3.07 bits per heavy atom. The Labute approximate surface area is 80.5 Å². The van der Waals surface area contributed by atoms with Crippen LogP contribution in [0.15, 0.2) is 18.2 Å². The van der Waals surface area contributed by atoms with Gasteiger partial charge in [-0.25, -0.2) is 4.68 Å². The molecule has 0 unspecified atom stereocenters. The number of carbonyl (C=O) groups is 1. The van der Waals surface area contributed by atoms with Crippen LogP contribution in [0.5, 0.6) is 0 Å². The van der Waals surface area contributed by atoms with Gasteiger partial charge in [0.1, 0.15) is 5.52 Å². The van der Waals surface area contributed by atoms with E-state index in [1.807, 2.05) is 18.2 Å². The molecular formula is C9H10N4O. The highest BCUT2D eigenvalue weighted by molar-refractivity contribution is 5.85. The molecule has 0 atom stereocenters. The Kier molecular flexibility index (Phi) is 1.92. The highest BCUT2D eigenvalue weighted by Gasteiger charge is 2.08. The first-order valence-corrected chi connectivity index (χ1v) is 4.24. The van der Waals surface area contributed by atoms with Crippen LogP contribution < -0.4 is 5.73 Å². The fourth-order valence-corrected chi connectivity index (χ4v) is 1.52. The topological polar surface area (TPSA) is 73.8 Å². The van der Waals surface area contributed by atoms with Crippen LogP contribution in [-0.4, -0.2) is 20.9 Å². The molecule has 1 heterocycles. The zero-order valence-corrected chi connectivity index (χ0v) is 7.77. The number of nitrogens with zero attached hydrogens (tertiary/aromatic N) is 3. The standard InChI is InChI=1S/C9H10N4O/c1-13-9-6(5-8(10)14)3-2-4-7(9)11-12-13/h2-4H,5H2,1H3,(H2,10,14). The van der Waals surface area contributed by atoms with Gasteiger partial charge in [0.05, 0.1) is 11.9 Å². The van der Waals surface area contributed by atoms with Gasteiger partial charge in [0.2, 0.25) is 5.91 Å². The summed E-state index contributed by atoms with van der Waals surface area (Å²) in [5.41, 5.74) is 7.66. The molecule has 0 saturated carbocycles. The van der Waals surface area contributed by atoms with Gasteiger partial charge in [0, 0.05) is 7.05 Å². The number of amides is 1. The van der Waals surface area contributed by atoms with Gasteiger partial charge < -0.3 is 5.73 Å². The van der Waals surface area contributed by atoms with E-state index in [9.17, 15) is 4.79 Å². The molecule has 2 rings (SSSR count). The van der Waals surface area contributed by atoms with Crippen molar-refractivity contribution in [2.24, 2.45) is 12.8 Å². The van der Waals surface area contributed by atoms with Gasteiger partial charge in [-0.3, -0.25) is 4.79 Å². The lowest BCUT2D eigenvalue weighted by Gasteiger charge is -2.00. The van der Waals surface area contributed by atoms with Crippen LogP contribution in [0, 0.1) is 0 Å². The number of fused-ring (bicyclic) bond motifs is 1. The van der Waals surface area contributed by atoms with Crippen molar-refractivity contribution in [3.05, 3.63) is 23.8 Å². The highest BCUT2D eigenvalue weighted by Crippen LogP contribution is 2.15. The number of primary amides is 1. The fourth-order valence-electron chi connectivity index (χ4n) is 1.52. The number of hydrogen-bond acceptors (Lipinski definition) is 3. The quantitative estimate of drug-likeness (QED) is 0.724. The number of hydrogen-bond donors (Lipinski definition) is 1. The van der Waals surface area contributed by atoms with Crippen molar-refractivity contribution in [3.8, 4) is 0 Å². The third-order valence-corrected chi connectivity index (χ3v) is 2.07. The number of aryl methyl sites for hydroxylation is 1. The summed E-state index contributed by atoms with van der Waals surface area (Å²) in [4.78, 5) is 10.8. The molecule has 0 spiro atoms. The molecule has 0 bridgehead atoms. The van der Waals surface area contributed by atoms with E-state index >= 15 is 0 Å². The van der Waals surface area contributed by atoms with Crippen LogP contribution in [0.1, 0.15) is 5.56 Å². The Hall–Kier alpha value is -1.91. The number of benzene rings is 1. The highest BCUT2D eigenvalue weighted by atomic mass is 16.1. The van der Waals surface area contributed by atoms with E-state index in [0.717, 1.165) is 16.6 Å². The van der Waals surface area contributed by atoms with Gasteiger partial charge in [-0.2, -0.15) is 0 Å². The van der Waals surface area contributed by atoms with Gasteiger partial charge in [-0.1, -0.05) is 17.3 Å². The van der Waals surface area contributed by atoms with Crippen LogP contribution in [0.25, 0.3) is 11.0 Å². The maximum atomic E-state index is 10.8. The second kappa shape index (κ2) is 3.10. The minimum Gasteiger partial charge on any atom is -0.369 e. The average molecular weight is 190 g/mol. The van der Waals surface area contributed by atoms with Gasteiger partial charge in [-0.05, 0) is 11.6 Å². The van der Waals surface area contributed by atoms with Crippen LogP contribution in [-0.2, 0) is 18.3 Å². The number of para-hydroxylation sites is 1. The molecule has 1 amide bonds. The van der Waals surface area contributed by atoms with E-state index in [1.54, 1.807) is 11.7 Å². The molecule has 0 saturated heterocycles. The molecule has 0 aliphatic rings. The zero-order valence-electron chi connectivity index (χ0n) is 7.77. The predicted molar refractivity (Wildman–Crippen MR) is 51.4 cm³/mol. The molecule has 2 aromatic rings. The van der Waals surface area contributed by atoms with E-state index in [0.29, 0.717) is 0 Å². The normalized spacial score (nSPS) is 10.6. The molecule has 0 radical (unpaired) electrons. The van der Waals surface area contributed by atoms with Crippen molar-refractivity contribution in [1.29, 1.82) is 0 Å². The lowest BCUT2D eigenvalue weighted by molar-refractivity contribution is -0.117. The largest absolute Gasteiger partial charge is 0.369 e. The van der Waals surface area contributed by atoms with Crippen LogP contribution in [0.4, 0.5) is 0 Å². The second-order valence-electron chi connectivity index (χ2n) is 3.14. The number of nitrogens with two attached hydrogens (primary N) is 1. The van der Waals surface area contributed by atoms with E-state index < -0.39 is 0 Å². The Morgan fingerprint density at radius 2 is 2.36 bits per heavy atom. The van der Waals surface area contributed by atoms with Crippen molar-refractivity contribution in [3.63, 3.8) is 0 Å². The molecule has 5 nitrogen and oxygen atoms in total. The summed E-state index contributed by atoms with van der Waals surface area (Å²) in [5.74, 6) is -0.348. The molecule has 0 aliphatic heterocycles. The summed E-state index contributed by atoms with van der Waals surface area (Å²) in [6, 6.07) is 5.55. The first kappa shape index (κ1) is 8.68. The summed E-state index contributed by atoms with van der Waals surface area (Å²) in [6.07, 6.45) is 0.221.